The summed E-state index contributed by atoms with van der Waals surface area (Å²) in [5.41, 5.74) is 2.33. The summed E-state index contributed by atoms with van der Waals surface area (Å²) in [5, 5.41) is 6.07. The van der Waals surface area contributed by atoms with Crippen LogP contribution in [0.15, 0.2) is 65.4 Å². The fourth-order valence-electron chi connectivity index (χ4n) is 2.68. The second-order valence-electron chi connectivity index (χ2n) is 6.42. The molecular weight excluding hydrogens is 434 g/mol. The standard InChI is InChI=1S/C22H23N3O4S2/c1-2-29-20-11-7-6-10-18(20)19-16-30-22(24-19)25-21(26)12-14-23-31(27,28)15-13-17-8-4-3-5-9-17/h3-11,13,15-16,23H,2,12,14H2,1H3,(H,24,25,26). The van der Waals surface area contributed by atoms with Gasteiger partial charge in [-0.05, 0) is 30.7 Å². The van der Waals surface area contributed by atoms with Gasteiger partial charge in [-0.15, -0.1) is 11.3 Å². The maximum atomic E-state index is 12.2. The van der Waals surface area contributed by atoms with Gasteiger partial charge >= 0.3 is 0 Å². The van der Waals surface area contributed by atoms with Gasteiger partial charge in [0.25, 0.3) is 0 Å². The minimum absolute atomic E-state index is 0.0111. The molecule has 0 radical (unpaired) electrons. The number of anilines is 1. The first-order valence-corrected chi connectivity index (χ1v) is 12.1. The maximum absolute atomic E-state index is 12.2. The first-order valence-electron chi connectivity index (χ1n) is 9.67. The highest BCUT2D eigenvalue weighted by molar-refractivity contribution is 7.92. The summed E-state index contributed by atoms with van der Waals surface area (Å²) in [6.07, 6.45) is 1.49. The van der Waals surface area contributed by atoms with Crippen molar-refractivity contribution >= 4 is 38.5 Å². The molecule has 7 nitrogen and oxygen atoms in total. The summed E-state index contributed by atoms with van der Waals surface area (Å²) in [7, 11) is -3.63. The molecule has 0 aliphatic rings. The Morgan fingerprint density at radius 3 is 2.65 bits per heavy atom. The van der Waals surface area contributed by atoms with Crippen molar-refractivity contribution in [1.82, 2.24) is 9.71 Å². The summed E-state index contributed by atoms with van der Waals surface area (Å²) >= 11 is 1.30. The van der Waals surface area contributed by atoms with E-state index in [4.69, 9.17) is 4.74 Å². The summed E-state index contributed by atoms with van der Waals surface area (Å²) in [5.74, 6) is 0.403. The lowest BCUT2D eigenvalue weighted by atomic mass is 10.1. The molecule has 0 saturated carbocycles. The van der Waals surface area contributed by atoms with E-state index < -0.39 is 10.0 Å². The molecule has 1 amide bonds. The van der Waals surface area contributed by atoms with Gasteiger partial charge in [0.2, 0.25) is 15.9 Å². The minimum Gasteiger partial charge on any atom is -0.493 e. The van der Waals surface area contributed by atoms with Crippen molar-refractivity contribution in [3.63, 3.8) is 0 Å². The number of hydrogen-bond acceptors (Lipinski definition) is 6. The van der Waals surface area contributed by atoms with Gasteiger partial charge in [-0.1, -0.05) is 42.5 Å². The van der Waals surface area contributed by atoms with Crippen molar-refractivity contribution in [2.75, 3.05) is 18.5 Å². The Labute approximate surface area is 185 Å². The van der Waals surface area contributed by atoms with Crippen LogP contribution in [0.5, 0.6) is 5.75 Å². The minimum atomic E-state index is -3.63. The molecule has 162 valence electrons. The predicted molar refractivity (Wildman–Crippen MR) is 124 cm³/mol. The summed E-state index contributed by atoms with van der Waals surface area (Å²) < 4.78 is 32.1. The number of sulfonamides is 1. The van der Waals surface area contributed by atoms with E-state index in [0.29, 0.717) is 17.4 Å². The lowest BCUT2D eigenvalue weighted by molar-refractivity contribution is -0.116. The van der Waals surface area contributed by atoms with Crippen molar-refractivity contribution in [2.24, 2.45) is 0 Å². The molecule has 31 heavy (non-hydrogen) atoms. The number of para-hydroxylation sites is 1. The zero-order valence-electron chi connectivity index (χ0n) is 16.9. The van der Waals surface area contributed by atoms with E-state index in [1.165, 1.54) is 17.4 Å². The smallest absolute Gasteiger partial charge is 0.233 e. The largest absolute Gasteiger partial charge is 0.493 e. The fourth-order valence-corrected chi connectivity index (χ4v) is 4.23. The molecule has 1 heterocycles. The van der Waals surface area contributed by atoms with Crippen LogP contribution < -0.4 is 14.8 Å². The molecule has 1 aromatic heterocycles. The Hall–Kier alpha value is -3.01. The van der Waals surface area contributed by atoms with E-state index in [1.54, 1.807) is 12.1 Å². The van der Waals surface area contributed by atoms with Gasteiger partial charge in [-0.2, -0.15) is 0 Å². The molecule has 0 aliphatic heterocycles. The average molecular weight is 458 g/mol. The lowest BCUT2D eigenvalue weighted by Gasteiger charge is -2.07. The predicted octanol–water partition coefficient (Wildman–Crippen LogP) is 4.13. The van der Waals surface area contributed by atoms with Crippen LogP contribution in [0, 0.1) is 0 Å². The Kier molecular flexibility index (Phi) is 7.94. The zero-order chi connectivity index (χ0) is 22.1. The van der Waals surface area contributed by atoms with Crippen LogP contribution in [-0.4, -0.2) is 32.5 Å². The van der Waals surface area contributed by atoms with E-state index in [2.05, 4.69) is 15.0 Å². The number of amides is 1. The van der Waals surface area contributed by atoms with Gasteiger partial charge in [-0.25, -0.2) is 18.1 Å². The summed E-state index contributed by atoms with van der Waals surface area (Å²) in [6.45, 7) is 2.44. The van der Waals surface area contributed by atoms with Crippen LogP contribution in [0.4, 0.5) is 5.13 Å². The van der Waals surface area contributed by atoms with E-state index in [1.807, 2.05) is 54.8 Å². The monoisotopic (exact) mass is 457 g/mol. The molecule has 9 heteroatoms. The average Bonchev–Trinajstić information content (AvgIpc) is 3.22. The third-order valence-corrected chi connectivity index (χ3v) is 5.97. The van der Waals surface area contributed by atoms with Gasteiger partial charge in [0.15, 0.2) is 5.13 Å². The molecule has 0 fully saturated rings. The first-order chi connectivity index (χ1) is 15.0. The Morgan fingerprint density at radius 2 is 1.87 bits per heavy atom. The third-order valence-electron chi connectivity index (χ3n) is 4.11. The van der Waals surface area contributed by atoms with Crippen LogP contribution in [0.25, 0.3) is 17.3 Å². The molecule has 0 saturated heterocycles. The third kappa shape index (κ3) is 7.02. The number of carbonyl (C=O) groups is 1. The van der Waals surface area contributed by atoms with Crippen molar-refractivity contribution in [3.8, 4) is 17.0 Å². The molecule has 0 spiro atoms. The van der Waals surface area contributed by atoms with E-state index >= 15 is 0 Å². The molecule has 3 aromatic rings. The highest BCUT2D eigenvalue weighted by Gasteiger charge is 2.12. The molecule has 0 aliphatic carbocycles. The number of thiazole rings is 1. The van der Waals surface area contributed by atoms with Crippen molar-refractivity contribution in [3.05, 3.63) is 70.9 Å². The number of nitrogens with zero attached hydrogens (tertiary/aromatic N) is 1. The second-order valence-corrected chi connectivity index (χ2v) is 8.93. The van der Waals surface area contributed by atoms with Crippen LogP contribution in [0.3, 0.4) is 0 Å². The van der Waals surface area contributed by atoms with Crippen LogP contribution in [-0.2, 0) is 14.8 Å². The van der Waals surface area contributed by atoms with Crippen molar-refractivity contribution in [1.29, 1.82) is 0 Å². The first kappa shape index (κ1) is 22.7. The number of benzene rings is 2. The molecular formula is C22H23N3O4S2. The second kappa shape index (κ2) is 10.9. The highest BCUT2D eigenvalue weighted by Crippen LogP contribution is 2.32. The molecule has 2 aromatic carbocycles. The normalized spacial score (nSPS) is 11.5. The molecule has 0 bridgehead atoms. The van der Waals surface area contributed by atoms with Gasteiger partial charge in [0, 0.05) is 29.3 Å². The number of ether oxygens (including phenoxy) is 1. The van der Waals surface area contributed by atoms with E-state index in [-0.39, 0.29) is 18.9 Å². The Morgan fingerprint density at radius 1 is 1.13 bits per heavy atom. The number of rotatable bonds is 10. The molecule has 2 N–H and O–H groups in total. The van der Waals surface area contributed by atoms with Crippen LogP contribution in [0.2, 0.25) is 0 Å². The lowest BCUT2D eigenvalue weighted by Crippen LogP contribution is -2.26. The van der Waals surface area contributed by atoms with Gasteiger partial charge in [-0.3, -0.25) is 4.79 Å². The van der Waals surface area contributed by atoms with Crippen molar-refractivity contribution < 1.29 is 17.9 Å². The molecule has 3 rings (SSSR count). The zero-order valence-corrected chi connectivity index (χ0v) is 18.6. The highest BCUT2D eigenvalue weighted by atomic mass is 32.2. The van der Waals surface area contributed by atoms with Gasteiger partial charge in [0.1, 0.15) is 5.75 Å². The van der Waals surface area contributed by atoms with Gasteiger partial charge < -0.3 is 10.1 Å². The maximum Gasteiger partial charge on any atom is 0.233 e. The summed E-state index contributed by atoms with van der Waals surface area (Å²) in [4.78, 5) is 16.6. The Balaban J connectivity index is 1.51. The van der Waals surface area contributed by atoms with E-state index in [9.17, 15) is 13.2 Å². The summed E-state index contributed by atoms with van der Waals surface area (Å²) in [6, 6.07) is 16.7. The number of aromatic nitrogens is 1. The van der Waals surface area contributed by atoms with Crippen LogP contribution >= 0.6 is 11.3 Å². The van der Waals surface area contributed by atoms with Crippen LogP contribution in [0.1, 0.15) is 18.9 Å². The number of nitrogens with one attached hydrogen (secondary N) is 2. The molecule has 0 unspecified atom stereocenters. The van der Waals surface area contributed by atoms with Gasteiger partial charge in [0.05, 0.1) is 12.3 Å². The number of carbonyl (C=O) groups excluding carboxylic acids is 1. The SMILES string of the molecule is CCOc1ccccc1-c1csc(NC(=O)CCNS(=O)(=O)C=Cc2ccccc2)n1. The fraction of sp³-hybridized carbons (Fsp3) is 0.182. The Bertz CT molecular complexity index is 1140. The van der Waals surface area contributed by atoms with E-state index in [0.717, 1.165) is 22.3 Å². The number of hydrogen-bond donors (Lipinski definition) is 2. The van der Waals surface area contributed by atoms with Crippen molar-refractivity contribution in [2.45, 2.75) is 13.3 Å². The molecule has 0 atom stereocenters. The quantitative estimate of drug-likeness (QED) is 0.477. The topological polar surface area (TPSA) is 97.4 Å².